The first kappa shape index (κ1) is 9.19. The second-order valence-corrected chi connectivity index (χ2v) is 1.84. The van der Waals surface area contributed by atoms with E-state index < -0.39 is 18.4 Å². The zero-order valence-electron chi connectivity index (χ0n) is 5.87. The van der Waals surface area contributed by atoms with E-state index in [1.165, 1.54) is 14.0 Å². The Balaban J connectivity index is 3.57. The Hall–Kier alpha value is -0.810. The van der Waals surface area contributed by atoms with Gasteiger partial charge >= 0.3 is 6.09 Å². The molecule has 0 saturated carbocycles. The van der Waals surface area contributed by atoms with Crippen LogP contribution in [0.1, 0.15) is 6.92 Å². The second-order valence-electron chi connectivity index (χ2n) is 1.84. The average molecular weight is 149 g/mol. The number of methoxy groups -OCH3 is 1. The molecule has 0 radical (unpaired) electrons. The van der Waals surface area contributed by atoms with Gasteiger partial charge in [-0.1, -0.05) is 0 Å². The highest BCUT2D eigenvalue weighted by Crippen LogP contribution is 1.87. The fraction of sp³-hybridized carbons (Fsp3) is 0.800. The van der Waals surface area contributed by atoms with Crippen LogP contribution in [0.2, 0.25) is 0 Å². The number of amides is 1. The first-order chi connectivity index (χ1) is 4.57. The number of hydrogen-bond donors (Lipinski definition) is 3. The summed E-state index contributed by atoms with van der Waals surface area (Å²) in [5.41, 5.74) is 0. The fourth-order valence-corrected chi connectivity index (χ4v) is 0.319. The third kappa shape index (κ3) is 3.26. The molecule has 0 heterocycles. The Morgan fingerprint density at radius 1 is 1.60 bits per heavy atom. The monoisotopic (exact) mass is 149 g/mol. The van der Waals surface area contributed by atoms with Crippen LogP contribution in [0.5, 0.6) is 0 Å². The Kier molecular flexibility index (Phi) is 3.75. The molecule has 0 aliphatic rings. The number of hydrogen-bond acceptors (Lipinski definition) is 4. The van der Waals surface area contributed by atoms with Crippen molar-refractivity contribution in [3.8, 4) is 0 Å². The minimum atomic E-state index is -1.56. The average Bonchev–Trinajstić information content (AvgIpc) is 1.87. The van der Waals surface area contributed by atoms with Crippen molar-refractivity contribution in [3.63, 3.8) is 0 Å². The molecule has 5 nitrogen and oxygen atoms in total. The van der Waals surface area contributed by atoms with Gasteiger partial charge in [-0.2, -0.15) is 0 Å². The number of carbonyl (C=O) groups is 1. The first-order valence-electron chi connectivity index (χ1n) is 2.78. The minimum absolute atomic E-state index is 0.680. The van der Waals surface area contributed by atoms with E-state index in [1.54, 1.807) is 0 Å². The van der Waals surface area contributed by atoms with Crippen LogP contribution in [0.15, 0.2) is 0 Å². The number of nitrogens with one attached hydrogen (secondary N) is 1. The summed E-state index contributed by atoms with van der Waals surface area (Å²) in [6, 6.07) is -0.715. The molecule has 0 aliphatic carbocycles. The van der Waals surface area contributed by atoms with E-state index in [4.69, 9.17) is 10.2 Å². The normalized spacial score (nSPS) is 12.9. The number of alkyl carbamates (subject to hydrolysis) is 1. The van der Waals surface area contributed by atoms with Gasteiger partial charge in [0.15, 0.2) is 6.29 Å². The van der Waals surface area contributed by atoms with Crippen molar-refractivity contribution < 1.29 is 19.7 Å². The van der Waals surface area contributed by atoms with Crippen molar-refractivity contribution in [1.29, 1.82) is 0 Å². The van der Waals surface area contributed by atoms with E-state index in [0.717, 1.165) is 0 Å². The zero-order valence-corrected chi connectivity index (χ0v) is 5.87. The van der Waals surface area contributed by atoms with Crippen LogP contribution < -0.4 is 5.32 Å². The molecule has 1 atom stereocenters. The minimum Gasteiger partial charge on any atom is -0.453 e. The first-order valence-corrected chi connectivity index (χ1v) is 2.78. The molecule has 0 saturated heterocycles. The molecule has 0 aliphatic heterocycles. The van der Waals surface area contributed by atoms with Crippen molar-refractivity contribution in [1.82, 2.24) is 5.32 Å². The topological polar surface area (TPSA) is 78.8 Å². The summed E-state index contributed by atoms with van der Waals surface area (Å²) in [5, 5.41) is 19.1. The SMILES string of the molecule is COC(=O)N[C@@H](C)C(O)O. The summed E-state index contributed by atoms with van der Waals surface area (Å²) in [6.07, 6.45) is -2.24. The lowest BCUT2D eigenvalue weighted by Gasteiger charge is -2.13. The van der Waals surface area contributed by atoms with Crippen LogP contribution in [0.4, 0.5) is 4.79 Å². The highest BCUT2D eigenvalue weighted by molar-refractivity contribution is 5.67. The number of aliphatic hydroxyl groups is 2. The molecule has 0 rings (SSSR count). The summed E-state index contributed by atoms with van der Waals surface area (Å²) in [4.78, 5) is 10.4. The number of rotatable bonds is 2. The molecule has 3 N–H and O–H groups in total. The summed E-state index contributed by atoms with van der Waals surface area (Å²) in [7, 11) is 1.20. The predicted octanol–water partition coefficient (Wildman–Crippen LogP) is -0.958. The number of aliphatic hydroxyl groups excluding tert-OH is 1. The Morgan fingerprint density at radius 2 is 2.10 bits per heavy atom. The van der Waals surface area contributed by atoms with E-state index in [2.05, 4.69) is 10.1 Å². The molecular weight excluding hydrogens is 138 g/mol. The predicted molar refractivity (Wildman–Crippen MR) is 33.2 cm³/mol. The Labute approximate surface area is 58.6 Å². The maximum absolute atomic E-state index is 10.4. The molecule has 60 valence electrons. The van der Waals surface area contributed by atoms with Crippen LogP contribution >= 0.6 is 0 Å². The quantitative estimate of drug-likeness (QED) is 0.442. The number of ether oxygens (including phenoxy) is 1. The molecule has 0 unspecified atom stereocenters. The summed E-state index contributed by atoms with van der Waals surface area (Å²) in [6.45, 7) is 1.45. The van der Waals surface area contributed by atoms with E-state index in [9.17, 15) is 4.79 Å². The Bertz CT molecular complexity index is 114. The molecule has 0 fully saturated rings. The second kappa shape index (κ2) is 4.08. The van der Waals surface area contributed by atoms with Gasteiger partial charge in [-0.05, 0) is 6.92 Å². The van der Waals surface area contributed by atoms with Crippen LogP contribution in [-0.4, -0.2) is 35.7 Å². The van der Waals surface area contributed by atoms with Crippen molar-refractivity contribution in [2.75, 3.05) is 7.11 Å². The van der Waals surface area contributed by atoms with Crippen LogP contribution in [0, 0.1) is 0 Å². The van der Waals surface area contributed by atoms with Gasteiger partial charge in [0.05, 0.1) is 13.2 Å². The smallest absolute Gasteiger partial charge is 0.407 e. The highest BCUT2D eigenvalue weighted by Gasteiger charge is 2.12. The number of carbonyl (C=O) groups excluding carboxylic acids is 1. The molecule has 0 bridgehead atoms. The summed E-state index contributed by atoms with van der Waals surface area (Å²) >= 11 is 0. The summed E-state index contributed by atoms with van der Waals surface area (Å²) < 4.78 is 4.20. The zero-order chi connectivity index (χ0) is 8.15. The molecule has 5 heteroatoms. The van der Waals surface area contributed by atoms with E-state index in [-0.39, 0.29) is 0 Å². The third-order valence-corrected chi connectivity index (χ3v) is 0.978. The van der Waals surface area contributed by atoms with Gasteiger partial charge in [0, 0.05) is 0 Å². The third-order valence-electron chi connectivity index (χ3n) is 0.978. The molecule has 0 aromatic carbocycles. The van der Waals surface area contributed by atoms with Crippen molar-refractivity contribution >= 4 is 6.09 Å². The van der Waals surface area contributed by atoms with Crippen molar-refractivity contribution in [3.05, 3.63) is 0 Å². The van der Waals surface area contributed by atoms with E-state index in [1.807, 2.05) is 0 Å². The molecule has 0 aromatic heterocycles. The summed E-state index contributed by atoms with van der Waals surface area (Å²) in [5.74, 6) is 0. The molecular formula is C5H11NO4. The van der Waals surface area contributed by atoms with Gasteiger partial charge < -0.3 is 20.3 Å². The van der Waals surface area contributed by atoms with Gasteiger partial charge in [0.1, 0.15) is 0 Å². The van der Waals surface area contributed by atoms with Crippen LogP contribution in [-0.2, 0) is 4.74 Å². The standard InChI is InChI=1S/C5H11NO4/c1-3(4(7)8)6-5(9)10-2/h3-4,7-8H,1-2H3,(H,6,9)/t3-/m0/s1. The van der Waals surface area contributed by atoms with E-state index in [0.29, 0.717) is 0 Å². The Morgan fingerprint density at radius 3 is 2.40 bits per heavy atom. The molecule has 10 heavy (non-hydrogen) atoms. The maximum Gasteiger partial charge on any atom is 0.407 e. The van der Waals surface area contributed by atoms with Gasteiger partial charge in [-0.15, -0.1) is 0 Å². The lowest BCUT2D eigenvalue weighted by atomic mass is 10.3. The molecule has 1 amide bonds. The van der Waals surface area contributed by atoms with Gasteiger partial charge in [-0.25, -0.2) is 4.79 Å². The van der Waals surface area contributed by atoms with Crippen LogP contribution in [0.3, 0.4) is 0 Å². The molecule has 0 spiro atoms. The van der Waals surface area contributed by atoms with Crippen molar-refractivity contribution in [2.45, 2.75) is 19.3 Å². The lowest BCUT2D eigenvalue weighted by Crippen LogP contribution is -2.40. The lowest BCUT2D eigenvalue weighted by molar-refractivity contribution is -0.0613. The van der Waals surface area contributed by atoms with Crippen molar-refractivity contribution in [2.24, 2.45) is 0 Å². The van der Waals surface area contributed by atoms with Gasteiger partial charge in [-0.3, -0.25) is 0 Å². The highest BCUT2D eigenvalue weighted by atomic mass is 16.5. The maximum atomic E-state index is 10.4. The molecule has 0 aromatic rings. The fourth-order valence-electron chi connectivity index (χ4n) is 0.319. The largest absolute Gasteiger partial charge is 0.453 e. The van der Waals surface area contributed by atoms with Gasteiger partial charge in [0.2, 0.25) is 0 Å². The van der Waals surface area contributed by atoms with Crippen LogP contribution in [0.25, 0.3) is 0 Å². The van der Waals surface area contributed by atoms with E-state index >= 15 is 0 Å². The van der Waals surface area contributed by atoms with Gasteiger partial charge in [0.25, 0.3) is 0 Å².